The summed E-state index contributed by atoms with van der Waals surface area (Å²) in [6.07, 6.45) is 0.344. The maximum atomic E-state index is 11.4. The highest BCUT2D eigenvalue weighted by atomic mass is 16.2. The molecule has 0 N–H and O–H groups in total. The van der Waals surface area contributed by atoms with Crippen LogP contribution in [0, 0.1) is 5.41 Å². The van der Waals surface area contributed by atoms with Crippen molar-refractivity contribution in [3.05, 3.63) is 0 Å². The van der Waals surface area contributed by atoms with Crippen LogP contribution in [0.4, 0.5) is 0 Å². The zero-order chi connectivity index (χ0) is 10.9. The Kier molecular flexibility index (Phi) is 2.73. The Hall–Kier alpha value is -1.19. The molecule has 0 aromatic rings. The molecule has 0 saturated heterocycles. The van der Waals surface area contributed by atoms with Crippen LogP contribution in [0.25, 0.3) is 0 Å². The van der Waals surface area contributed by atoms with Crippen molar-refractivity contribution in [2.75, 3.05) is 6.54 Å². The molecule has 1 heterocycles. The van der Waals surface area contributed by atoms with E-state index in [0.29, 0.717) is 6.42 Å². The summed E-state index contributed by atoms with van der Waals surface area (Å²) >= 11 is 0. The summed E-state index contributed by atoms with van der Waals surface area (Å²) in [5.41, 5.74) is 0.755. The largest absolute Gasteiger partial charge is 0.298 e. The number of carbonyl (C=O) groups is 2. The molecule has 4 nitrogen and oxygen atoms in total. The van der Waals surface area contributed by atoms with E-state index in [-0.39, 0.29) is 23.7 Å². The van der Waals surface area contributed by atoms with Crippen molar-refractivity contribution in [2.45, 2.75) is 34.1 Å². The second-order valence-corrected chi connectivity index (χ2v) is 4.63. The van der Waals surface area contributed by atoms with Crippen molar-refractivity contribution in [1.29, 1.82) is 0 Å². The molecule has 0 fully saturated rings. The van der Waals surface area contributed by atoms with E-state index in [1.807, 2.05) is 20.8 Å². The van der Waals surface area contributed by atoms with Gasteiger partial charge in [0.1, 0.15) is 6.54 Å². The fourth-order valence-electron chi connectivity index (χ4n) is 1.22. The van der Waals surface area contributed by atoms with Gasteiger partial charge in [0.25, 0.3) is 0 Å². The number of nitrogens with zero attached hydrogens (tertiary/aromatic N) is 2. The molecular formula is C10H16N2O2. The average Bonchev–Trinajstić information content (AvgIpc) is 2.30. The van der Waals surface area contributed by atoms with Gasteiger partial charge in [0.2, 0.25) is 5.91 Å². The van der Waals surface area contributed by atoms with Crippen LogP contribution < -0.4 is 0 Å². The number of Topliss-reactive ketones (excluding diaryl/α,β-unsaturated/α-hetero) is 1. The van der Waals surface area contributed by atoms with Crippen LogP contribution in [0.2, 0.25) is 0 Å². The molecule has 0 aromatic carbocycles. The van der Waals surface area contributed by atoms with Gasteiger partial charge in [0.15, 0.2) is 5.78 Å². The van der Waals surface area contributed by atoms with E-state index in [4.69, 9.17) is 0 Å². The lowest BCUT2D eigenvalue weighted by Crippen LogP contribution is -2.26. The molecule has 0 atom stereocenters. The molecule has 14 heavy (non-hydrogen) atoms. The highest BCUT2D eigenvalue weighted by Gasteiger charge is 2.31. The second kappa shape index (κ2) is 3.52. The van der Waals surface area contributed by atoms with Crippen LogP contribution in [-0.2, 0) is 9.59 Å². The van der Waals surface area contributed by atoms with E-state index in [1.165, 1.54) is 11.9 Å². The lowest BCUT2D eigenvalue weighted by atomic mass is 9.88. The standard InChI is InChI=1S/C10H16N2O2/c1-7(13)6-12-9(14)5-8(11-12)10(2,3)4/h5-6H2,1-4H3. The topological polar surface area (TPSA) is 49.7 Å². The summed E-state index contributed by atoms with van der Waals surface area (Å²) in [7, 11) is 0. The summed E-state index contributed by atoms with van der Waals surface area (Å²) in [5, 5.41) is 5.43. The Labute approximate surface area is 84.0 Å². The molecule has 0 radical (unpaired) electrons. The zero-order valence-corrected chi connectivity index (χ0v) is 9.13. The number of rotatable bonds is 2. The van der Waals surface area contributed by atoms with E-state index >= 15 is 0 Å². The highest BCUT2D eigenvalue weighted by Crippen LogP contribution is 2.23. The maximum absolute atomic E-state index is 11.4. The number of amides is 1. The minimum absolute atomic E-state index is 0.0442. The van der Waals surface area contributed by atoms with Gasteiger partial charge in [-0.15, -0.1) is 0 Å². The Morgan fingerprint density at radius 3 is 2.43 bits per heavy atom. The van der Waals surface area contributed by atoms with Crippen molar-refractivity contribution in [3.63, 3.8) is 0 Å². The number of hydrogen-bond donors (Lipinski definition) is 0. The van der Waals surface area contributed by atoms with E-state index in [1.54, 1.807) is 0 Å². The van der Waals surface area contributed by atoms with E-state index in [0.717, 1.165) is 5.71 Å². The molecule has 1 aliphatic heterocycles. The first-order valence-electron chi connectivity index (χ1n) is 4.68. The van der Waals surface area contributed by atoms with Gasteiger partial charge < -0.3 is 0 Å². The molecular weight excluding hydrogens is 180 g/mol. The zero-order valence-electron chi connectivity index (χ0n) is 9.13. The highest BCUT2D eigenvalue weighted by molar-refractivity contribution is 6.08. The second-order valence-electron chi connectivity index (χ2n) is 4.63. The number of hydrazone groups is 1. The molecule has 0 bridgehead atoms. The normalized spacial score (nSPS) is 17.3. The van der Waals surface area contributed by atoms with Gasteiger partial charge in [-0.3, -0.25) is 9.59 Å². The summed E-state index contributed by atoms with van der Waals surface area (Å²) < 4.78 is 0. The van der Waals surface area contributed by atoms with Gasteiger partial charge in [-0.05, 0) is 6.92 Å². The first-order chi connectivity index (χ1) is 6.30. The first-order valence-corrected chi connectivity index (χ1v) is 4.68. The summed E-state index contributed by atoms with van der Waals surface area (Å²) in [6, 6.07) is 0. The van der Waals surface area contributed by atoms with Crippen LogP contribution >= 0.6 is 0 Å². The Morgan fingerprint density at radius 2 is 2.07 bits per heavy atom. The van der Waals surface area contributed by atoms with Crippen LogP contribution in [0.3, 0.4) is 0 Å². The third kappa shape index (κ3) is 2.40. The molecule has 0 aromatic heterocycles. The molecule has 1 rings (SSSR count). The van der Waals surface area contributed by atoms with E-state index in [2.05, 4.69) is 5.10 Å². The average molecular weight is 196 g/mol. The Balaban J connectivity index is 2.77. The Bertz CT molecular complexity index is 300. The van der Waals surface area contributed by atoms with Crippen molar-refractivity contribution in [2.24, 2.45) is 10.5 Å². The monoisotopic (exact) mass is 196 g/mol. The summed E-state index contributed by atoms with van der Waals surface area (Å²) in [6.45, 7) is 7.58. The molecule has 0 saturated carbocycles. The van der Waals surface area contributed by atoms with Crippen molar-refractivity contribution < 1.29 is 9.59 Å². The summed E-state index contributed by atoms with van der Waals surface area (Å²) in [4.78, 5) is 22.3. The van der Waals surface area contributed by atoms with E-state index < -0.39 is 0 Å². The number of hydrogen-bond acceptors (Lipinski definition) is 3. The quantitative estimate of drug-likeness (QED) is 0.666. The molecule has 1 amide bonds. The van der Waals surface area contributed by atoms with Gasteiger partial charge in [0.05, 0.1) is 12.1 Å². The first kappa shape index (κ1) is 10.9. The molecule has 0 aliphatic carbocycles. The smallest absolute Gasteiger partial charge is 0.248 e. The fourth-order valence-corrected chi connectivity index (χ4v) is 1.22. The van der Waals surface area contributed by atoms with Crippen LogP contribution in [0.1, 0.15) is 34.1 Å². The number of ketones is 1. The van der Waals surface area contributed by atoms with Gasteiger partial charge in [-0.2, -0.15) is 5.10 Å². The molecule has 0 unspecified atom stereocenters. The van der Waals surface area contributed by atoms with Crippen LogP contribution in [-0.4, -0.2) is 29.0 Å². The Morgan fingerprint density at radius 1 is 1.50 bits per heavy atom. The lowest BCUT2D eigenvalue weighted by Gasteiger charge is -2.16. The van der Waals surface area contributed by atoms with Gasteiger partial charge in [-0.25, -0.2) is 5.01 Å². The third-order valence-corrected chi connectivity index (χ3v) is 2.09. The van der Waals surface area contributed by atoms with Crippen molar-refractivity contribution in [1.82, 2.24) is 5.01 Å². The van der Waals surface area contributed by atoms with Crippen molar-refractivity contribution >= 4 is 17.4 Å². The van der Waals surface area contributed by atoms with Gasteiger partial charge >= 0.3 is 0 Å². The predicted octanol–water partition coefficient (Wildman–Crippen LogP) is 1.21. The van der Waals surface area contributed by atoms with E-state index in [9.17, 15) is 9.59 Å². The summed E-state index contributed by atoms with van der Waals surface area (Å²) in [5.74, 6) is -0.123. The maximum Gasteiger partial charge on any atom is 0.248 e. The SMILES string of the molecule is CC(=O)CN1N=C(C(C)(C)C)CC1=O. The fraction of sp³-hybridized carbons (Fsp3) is 0.700. The van der Waals surface area contributed by atoms with Crippen molar-refractivity contribution in [3.8, 4) is 0 Å². The molecule has 1 aliphatic rings. The molecule has 4 heteroatoms. The molecule has 78 valence electrons. The minimum atomic E-state index is -0.0960. The predicted molar refractivity (Wildman–Crippen MR) is 53.9 cm³/mol. The lowest BCUT2D eigenvalue weighted by molar-refractivity contribution is -0.132. The van der Waals surface area contributed by atoms with Crippen LogP contribution in [0.15, 0.2) is 5.10 Å². The minimum Gasteiger partial charge on any atom is -0.298 e. The molecule has 0 spiro atoms. The van der Waals surface area contributed by atoms with Gasteiger partial charge in [0, 0.05) is 5.41 Å². The van der Waals surface area contributed by atoms with Crippen LogP contribution in [0.5, 0.6) is 0 Å². The van der Waals surface area contributed by atoms with Gasteiger partial charge in [-0.1, -0.05) is 20.8 Å². The number of carbonyl (C=O) groups excluding carboxylic acids is 2. The third-order valence-electron chi connectivity index (χ3n) is 2.09.